The summed E-state index contributed by atoms with van der Waals surface area (Å²) in [6.07, 6.45) is 2.01. The number of rotatable bonds is 5. The first-order valence-corrected chi connectivity index (χ1v) is 7.42. The predicted octanol–water partition coefficient (Wildman–Crippen LogP) is 3.28. The van der Waals surface area contributed by atoms with Gasteiger partial charge in [0.15, 0.2) is 0 Å². The molecule has 0 radical (unpaired) electrons. The van der Waals surface area contributed by atoms with E-state index in [2.05, 4.69) is 20.6 Å². The maximum Gasteiger partial charge on any atom is 0.411 e. The summed E-state index contributed by atoms with van der Waals surface area (Å²) < 4.78 is 9.66. The third kappa shape index (κ3) is 4.94. The number of ether oxygens (including phenoxy) is 2. The van der Waals surface area contributed by atoms with Gasteiger partial charge in [-0.3, -0.25) is 20.6 Å². The first kappa shape index (κ1) is 17.2. The molecule has 0 fully saturated rings. The number of carbonyl (C=O) groups excluding carboxylic acids is 2. The van der Waals surface area contributed by atoms with Crippen LogP contribution in [0.25, 0.3) is 11.4 Å². The van der Waals surface area contributed by atoms with E-state index in [0.717, 1.165) is 0 Å². The molecular weight excluding hydrogens is 312 g/mol. The van der Waals surface area contributed by atoms with Gasteiger partial charge in [-0.25, -0.2) is 9.59 Å². The van der Waals surface area contributed by atoms with Crippen LogP contribution in [0.15, 0.2) is 36.7 Å². The lowest BCUT2D eigenvalue weighted by Gasteiger charge is -2.08. The summed E-state index contributed by atoms with van der Waals surface area (Å²) in [6.45, 7) is 4.02. The number of pyridine rings is 2. The average molecular weight is 330 g/mol. The van der Waals surface area contributed by atoms with E-state index >= 15 is 0 Å². The standard InChI is InChI=1S/C16H18N4O4/c1-3-23-15(21)19-11-5-7-17-13(9-11)14-10-12(6-8-18-14)20-16(22)24-4-2/h5-10H,3-4H2,1-2H3,(H,17,19,21)(H,18,20,22). The molecule has 0 aliphatic carbocycles. The van der Waals surface area contributed by atoms with Crippen LogP contribution in [-0.4, -0.2) is 35.4 Å². The lowest BCUT2D eigenvalue weighted by atomic mass is 10.2. The Morgan fingerprint density at radius 1 is 0.875 bits per heavy atom. The van der Waals surface area contributed by atoms with Crippen molar-refractivity contribution < 1.29 is 19.1 Å². The van der Waals surface area contributed by atoms with Crippen molar-refractivity contribution >= 4 is 23.6 Å². The third-order valence-electron chi connectivity index (χ3n) is 2.83. The van der Waals surface area contributed by atoms with E-state index in [-0.39, 0.29) is 13.2 Å². The lowest BCUT2D eigenvalue weighted by molar-refractivity contribution is 0.167. The van der Waals surface area contributed by atoms with Crippen molar-refractivity contribution in [3.05, 3.63) is 36.7 Å². The van der Waals surface area contributed by atoms with E-state index in [1.54, 1.807) is 50.5 Å². The largest absolute Gasteiger partial charge is 0.450 e. The van der Waals surface area contributed by atoms with Crippen LogP contribution >= 0.6 is 0 Å². The fourth-order valence-electron chi connectivity index (χ4n) is 1.87. The molecule has 0 saturated heterocycles. The molecule has 2 amide bonds. The molecule has 2 aromatic heterocycles. The summed E-state index contributed by atoms with van der Waals surface area (Å²) in [7, 11) is 0. The van der Waals surface area contributed by atoms with Crippen LogP contribution in [-0.2, 0) is 9.47 Å². The van der Waals surface area contributed by atoms with E-state index < -0.39 is 12.2 Å². The van der Waals surface area contributed by atoms with Gasteiger partial charge in [-0.15, -0.1) is 0 Å². The highest BCUT2D eigenvalue weighted by Crippen LogP contribution is 2.21. The lowest BCUT2D eigenvalue weighted by Crippen LogP contribution is -2.13. The van der Waals surface area contributed by atoms with Crippen LogP contribution in [0.4, 0.5) is 21.0 Å². The van der Waals surface area contributed by atoms with Crippen molar-refractivity contribution in [1.29, 1.82) is 0 Å². The van der Waals surface area contributed by atoms with E-state index in [9.17, 15) is 9.59 Å². The van der Waals surface area contributed by atoms with E-state index in [0.29, 0.717) is 22.8 Å². The SMILES string of the molecule is CCOC(=O)Nc1ccnc(-c2cc(NC(=O)OCC)ccn2)c1. The molecular formula is C16H18N4O4. The van der Waals surface area contributed by atoms with Crippen LogP contribution in [0, 0.1) is 0 Å². The monoisotopic (exact) mass is 330 g/mol. The van der Waals surface area contributed by atoms with E-state index in [1.165, 1.54) is 0 Å². The van der Waals surface area contributed by atoms with Gasteiger partial charge in [0.1, 0.15) is 0 Å². The Hall–Kier alpha value is -3.16. The van der Waals surface area contributed by atoms with E-state index in [4.69, 9.17) is 9.47 Å². The zero-order valence-electron chi connectivity index (χ0n) is 13.4. The zero-order chi connectivity index (χ0) is 17.4. The third-order valence-corrected chi connectivity index (χ3v) is 2.83. The summed E-state index contributed by atoms with van der Waals surface area (Å²) in [5.41, 5.74) is 2.14. The predicted molar refractivity (Wildman–Crippen MR) is 88.8 cm³/mol. The van der Waals surface area contributed by atoms with Gasteiger partial charge in [0.25, 0.3) is 0 Å². The minimum absolute atomic E-state index is 0.285. The molecule has 8 nitrogen and oxygen atoms in total. The molecule has 0 bridgehead atoms. The highest BCUT2D eigenvalue weighted by Gasteiger charge is 2.08. The minimum Gasteiger partial charge on any atom is -0.450 e. The van der Waals surface area contributed by atoms with Gasteiger partial charge < -0.3 is 9.47 Å². The molecule has 0 unspecified atom stereocenters. The molecule has 0 aromatic carbocycles. The summed E-state index contributed by atoms with van der Waals surface area (Å²) >= 11 is 0. The van der Waals surface area contributed by atoms with Gasteiger partial charge >= 0.3 is 12.2 Å². The second kappa shape index (κ2) is 8.47. The van der Waals surface area contributed by atoms with Gasteiger partial charge in [0.2, 0.25) is 0 Å². The Morgan fingerprint density at radius 3 is 1.67 bits per heavy atom. The molecule has 2 rings (SSSR count). The molecule has 8 heteroatoms. The van der Waals surface area contributed by atoms with Crippen molar-refractivity contribution in [2.24, 2.45) is 0 Å². The number of hydrogen-bond acceptors (Lipinski definition) is 6. The second-order valence-corrected chi connectivity index (χ2v) is 4.55. The topological polar surface area (TPSA) is 102 Å². The van der Waals surface area contributed by atoms with Crippen molar-refractivity contribution in [2.75, 3.05) is 23.8 Å². The van der Waals surface area contributed by atoms with Gasteiger partial charge in [0.05, 0.1) is 24.6 Å². The van der Waals surface area contributed by atoms with Gasteiger partial charge in [-0.2, -0.15) is 0 Å². The number of hydrogen-bond donors (Lipinski definition) is 2. The first-order valence-electron chi connectivity index (χ1n) is 7.42. The number of carbonyl (C=O) groups is 2. The van der Waals surface area contributed by atoms with Crippen LogP contribution in [0.5, 0.6) is 0 Å². The van der Waals surface area contributed by atoms with Crippen LogP contribution in [0.3, 0.4) is 0 Å². The molecule has 0 atom stereocenters. The maximum absolute atomic E-state index is 11.5. The number of amides is 2. The molecule has 24 heavy (non-hydrogen) atoms. The molecule has 0 aliphatic heterocycles. The summed E-state index contributed by atoms with van der Waals surface area (Å²) in [6, 6.07) is 6.60. The van der Waals surface area contributed by atoms with Crippen molar-refractivity contribution in [3.8, 4) is 11.4 Å². The number of aromatic nitrogens is 2. The Bertz CT molecular complexity index is 659. The molecule has 2 N–H and O–H groups in total. The second-order valence-electron chi connectivity index (χ2n) is 4.55. The summed E-state index contributed by atoms with van der Waals surface area (Å²) in [5, 5.41) is 5.20. The van der Waals surface area contributed by atoms with Crippen molar-refractivity contribution in [2.45, 2.75) is 13.8 Å². The maximum atomic E-state index is 11.5. The molecule has 2 heterocycles. The molecule has 126 valence electrons. The molecule has 0 aliphatic rings. The summed E-state index contributed by atoms with van der Waals surface area (Å²) in [4.78, 5) is 31.4. The zero-order valence-corrected chi connectivity index (χ0v) is 13.4. The first-order chi connectivity index (χ1) is 11.6. The Kier molecular flexibility index (Phi) is 6.07. The highest BCUT2D eigenvalue weighted by molar-refractivity contribution is 5.86. The minimum atomic E-state index is -0.541. The highest BCUT2D eigenvalue weighted by atomic mass is 16.6. The Morgan fingerprint density at radius 2 is 1.29 bits per heavy atom. The molecule has 0 saturated carbocycles. The van der Waals surface area contributed by atoms with Gasteiger partial charge in [-0.1, -0.05) is 0 Å². The van der Waals surface area contributed by atoms with Crippen molar-refractivity contribution in [3.63, 3.8) is 0 Å². The molecule has 0 spiro atoms. The smallest absolute Gasteiger partial charge is 0.411 e. The fourth-order valence-corrected chi connectivity index (χ4v) is 1.87. The normalized spacial score (nSPS) is 9.92. The number of anilines is 2. The fraction of sp³-hybridized carbons (Fsp3) is 0.250. The van der Waals surface area contributed by atoms with Gasteiger partial charge in [0, 0.05) is 23.8 Å². The molecule has 2 aromatic rings. The van der Waals surface area contributed by atoms with Gasteiger partial charge in [-0.05, 0) is 38.1 Å². The van der Waals surface area contributed by atoms with E-state index in [1.807, 2.05) is 0 Å². The van der Waals surface area contributed by atoms with Crippen LogP contribution < -0.4 is 10.6 Å². The van der Waals surface area contributed by atoms with Crippen LogP contribution in [0.1, 0.15) is 13.8 Å². The van der Waals surface area contributed by atoms with Crippen molar-refractivity contribution in [1.82, 2.24) is 9.97 Å². The number of nitrogens with zero attached hydrogens (tertiary/aromatic N) is 2. The average Bonchev–Trinajstić information content (AvgIpc) is 2.56. The quantitative estimate of drug-likeness (QED) is 0.872. The Labute approximate surface area is 139 Å². The Balaban J connectivity index is 2.16. The summed E-state index contributed by atoms with van der Waals surface area (Å²) in [5.74, 6) is 0. The van der Waals surface area contributed by atoms with Crippen LogP contribution in [0.2, 0.25) is 0 Å². The number of nitrogens with one attached hydrogen (secondary N) is 2.